The van der Waals surface area contributed by atoms with Gasteiger partial charge in [-0.25, -0.2) is 0 Å². The SMILES string of the molecule is CN1CCC(=O)C12CC2. The first kappa shape index (κ1) is 5.42. The maximum atomic E-state index is 11.1. The molecule has 2 rings (SSSR count). The summed E-state index contributed by atoms with van der Waals surface area (Å²) in [6.45, 7) is 0.985. The van der Waals surface area contributed by atoms with Gasteiger partial charge in [-0.15, -0.1) is 0 Å². The van der Waals surface area contributed by atoms with Gasteiger partial charge in [0.05, 0.1) is 5.54 Å². The molecular weight excluding hydrogens is 114 g/mol. The molecule has 0 atom stereocenters. The largest absolute Gasteiger partial charge is 0.298 e. The Hall–Kier alpha value is -0.370. The Morgan fingerprint density at radius 1 is 1.56 bits per heavy atom. The zero-order valence-corrected chi connectivity index (χ0v) is 5.68. The maximum absolute atomic E-state index is 11.1. The van der Waals surface area contributed by atoms with Crippen LogP contribution in [-0.2, 0) is 4.79 Å². The second kappa shape index (κ2) is 1.37. The summed E-state index contributed by atoms with van der Waals surface area (Å²) in [6.07, 6.45) is 3.02. The Balaban J connectivity index is 2.26. The molecule has 0 aromatic rings. The number of carbonyl (C=O) groups is 1. The topological polar surface area (TPSA) is 20.3 Å². The van der Waals surface area contributed by atoms with E-state index in [-0.39, 0.29) is 5.54 Å². The number of hydrogen-bond acceptors (Lipinski definition) is 2. The van der Waals surface area contributed by atoms with Crippen LogP contribution in [0.2, 0.25) is 0 Å². The van der Waals surface area contributed by atoms with E-state index in [1.165, 1.54) is 0 Å². The average Bonchev–Trinajstić information content (AvgIpc) is 2.56. The number of ketones is 1. The van der Waals surface area contributed by atoms with Crippen molar-refractivity contribution >= 4 is 5.78 Å². The third-order valence-electron chi connectivity index (χ3n) is 2.65. The van der Waals surface area contributed by atoms with Crippen molar-refractivity contribution in [1.82, 2.24) is 4.90 Å². The first-order valence-electron chi connectivity index (χ1n) is 3.50. The lowest BCUT2D eigenvalue weighted by molar-refractivity contribution is -0.120. The monoisotopic (exact) mass is 125 g/mol. The first-order valence-corrected chi connectivity index (χ1v) is 3.50. The number of likely N-dealkylation sites (tertiary alicyclic amines) is 1. The van der Waals surface area contributed by atoms with Gasteiger partial charge in [0.1, 0.15) is 0 Å². The fourth-order valence-corrected chi connectivity index (χ4v) is 1.71. The number of carbonyl (C=O) groups excluding carboxylic acids is 1. The summed E-state index contributed by atoms with van der Waals surface area (Å²) in [5, 5.41) is 0. The van der Waals surface area contributed by atoms with Crippen LogP contribution in [0, 0.1) is 0 Å². The van der Waals surface area contributed by atoms with E-state index in [9.17, 15) is 4.79 Å². The third-order valence-corrected chi connectivity index (χ3v) is 2.65. The van der Waals surface area contributed by atoms with E-state index in [4.69, 9.17) is 0 Å². The van der Waals surface area contributed by atoms with Gasteiger partial charge < -0.3 is 0 Å². The number of hydrogen-bond donors (Lipinski definition) is 0. The molecule has 0 aromatic heterocycles. The molecule has 2 heteroatoms. The highest BCUT2D eigenvalue weighted by molar-refractivity contribution is 5.93. The van der Waals surface area contributed by atoms with Crippen LogP contribution in [0.25, 0.3) is 0 Å². The van der Waals surface area contributed by atoms with E-state index in [0.717, 1.165) is 25.8 Å². The fraction of sp³-hybridized carbons (Fsp3) is 0.857. The van der Waals surface area contributed by atoms with Crippen molar-refractivity contribution in [2.24, 2.45) is 0 Å². The summed E-state index contributed by atoms with van der Waals surface area (Å²) in [5.41, 5.74) is 0.0556. The molecule has 1 saturated carbocycles. The molecule has 2 nitrogen and oxygen atoms in total. The quantitative estimate of drug-likeness (QED) is 0.467. The lowest BCUT2D eigenvalue weighted by atomic mass is 10.2. The highest BCUT2D eigenvalue weighted by Gasteiger charge is 2.55. The van der Waals surface area contributed by atoms with Crippen molar-refractivity contribution < 1.29 is 4.79 Å². The molecule has 1 aliphatic carbocycles. The van der Waals surface area contributed by atoms with Crippen LogP contribution in [0.15, 0.2) is 0 Å². The Bertz CT molecular complexity index is 160. The van der Waals surface area contributed by atoms with Crippen LogP contribution >= 0.6 is 0 Å². The zero-order valence-electron chi connectivity index (χ0n) is 5.68. The lowest BCUT2D eigenvalue weighted by Gasteiger charge is -2.14. The van der Waals surface area contributed by atoms with Gasteiger partial charge in [-0.2, -0.15) is 0 Å². The average molecular weight is 125 g/mol. The summed E-state index contributed by atoms with van der Waals surface area (Å²) in [7, 11) is 2.05. The Kier molecular flexibility index (Phi) is 0.826. The predicted octanol–water partition coefficient (Wildman–Crippen LogP) is 0.424. The maximum Gasteiger partial charge on any atom is 0.154 e. The molecule has 0 radical (unpaired) electrons. The second-order valence-electron chi connectivity index (χ2n) is 3.13. The van der Waals surface area contributed by atoms with Crippen LogP contribution in [0.1, 0.15) is 19.3 Å². The van der Waals surface area contributed by atoms with Gasteiger partial charge in [0.15, 0.2) is 5.78 Å². The van der Waals surface area contributed by atoms with Crippen molar-refractivity contribution in [2.45, 2.75) is 24.8 Å². The van der Waals surface area contributed by atoms with E-state index in [1.54, 1.807) is 0 Å². The van der Waals surface area contributed by atoms with Crippen molar-refractivity contribution in [2.75, 3.05) is 13.6 Å². The Labute approximate surface area is 54.8 Å². The van der Waals surface area contributed by atoms with Gasteiger partial charge in [-0.1, -0.05) is 0 Å². The lowest BCUT2D eigenvalue weighted by Crippen LogP contribution is -2.31. The molecule has 50 valence electrons. The van der Waals surface area contributed by atoms with Crippen LogP contribution in [-0.4, -0.2) is 29.8 Å². The van der Waals surface area contributed by atoms with Gasteiger partial charge in [0.25, 0.3) is 0 Å². The molecule has 2 fully saturated rings. The smallest absolute Gasteiger partial charge is 0.154 e. The van der Waals surface area contributed by atoms with E-state index >= 15 is 0 Å². The van der Waals surface area contributed by atoms with Crippen molar-refractivity contribution in [1.29, 1.82) is 0 Å². The predicted molar refractivity (Wildman–Crippen MR) is 34.2 cm³/mol. The van der Waals surface area contributed by atoms with Gasteiger partial charge in [0, 0.05) is 13.0 Å². The summed E-state index contributed by atoms with van der Waals surface area (Å²) in [4.78, 5) is 13.3. The molecule has 0 bridgehead atoms. The summed E-state index contributed by atoms with van der Waals surface area (Å²) in [6, 6.07) is 0. The highest BCUT2D eigenvalue weighted by Crippen LogP contribution is 2.45. The molecule has 9 heavy (non-hydrogen) atoms. The molecule has 1 saturated heterocycles. The molecule has 0 amide bonds. The van der Waals surface area contributed by atoms with Crippen LogP contribution in [0.3, 0.4) is 0 Å². The summed E-state index contributed by atoms with van der Waals surface area (Å²) in [5.74, 6) is 0.477. The first-order chi connectivity index (χ1) is 4.26. The second-order valence-corrected chi connectivity index (χ2v) is 3.13. The Morgan fingerprint density at radius 3 is 2.44 bits per heavy atom. The molecule has 1 aliphatic heterocycles. The van der Waals surface area contributed by atoms with Crippen molar-refractivity contribution in [3.8, 4) is 0 Å². The van der Waals surface area contributed by atoms with E-state index in [0.29, 0.717) is 5.78 Å². The molecule has 2 aliphatic rings. The van der Waals surface area contributed by atoms with E-state index in [1.807, 2.05) is 0 Å². The van der Waals surface area contributed by atoms with Crippen molar-refractivity contribution in [3.63, 3.8) is 0 Å². The van der Waals surface area contributed by atoms with Crippen LogP contribution in [0.5, 0.6) is 0 Å². The summed E-state index contributed by atoms with van der Waals surface area (Å²) >= 11 is 0. The minimum atomic E-state index is 0.0556. The van der Waals surface area contributed by atoms with Gasteiger partial charge in [-0.3, -0.25) is 9.69 Å². The van der Waals surface area contributed by atoms with E-state index in [2.05, 4.69) is 11.9 Å². The summed E-state index contributed by atoms with van der Waals surface area (Å²) < 4.78 is 0. The van der Waals surface area contributed by atoms with Crippen LogP contribution in [0.4, 0.5) is 0 Å². The van der Waals surface area contributed by atoms with Crippen LogP contribution < -0.4 is 0 Å². The zero-order chi connectivity index (χ0) is 6.48. The molecule has 0 aromatic carbocycles. The molecular formula is C7H11NO. The van der Waals surface area contributed by atoms with Gasteiger partial charge in [-0.05, 0) is 19.9 Å². The van der Waals surface area contributed by atoms with Gasteiger partial charge in [0.2, 0.25) is 0 Å². The number of Topliss-reactive ketones (excluding diaryl/α,β-unsaturated/α-hetero) is 1. The Morgan fingerprint density at radius 2 is 2.22 bits per heavy atom. The van der Waals surface area contributed by atoms with Crippen molar-refractivity contribution in [3.05, 3.63) is 0 Å². The molecule has 1 heterocycles. The number of rotatable bonds is 0. The minimum Gasteiger partial charge on any atom is -0.298 e. The number of likely N-dealkylation sites (N-methyl/N-ethyl adjacent to an activating group) is 1. The standard InChI is InChI=1S/C7H11NO/c1-8-5-2-6(9)7(8)3-4-7/h2-5H2,1H3. The number of nitrogens with zero attached hydrogens (tertiary/aromatic N) is 1. The van der Waals surface area contributed by atoms with Gasteiger partial charge >= 0.3 is 0 Å². The normalized spacial score (nSPS) is 31.9. The fourth-order valence-electron chi connectivity index (χ4n) is 1.71. The molecule has 0 N–H and O–H groups in total. The minimum absolute atomic E-state index is 0.0556. The molecule has 1 spiro atoms. The molecule has 0 unspecified atom stereocenters. The van der Waals surface area contributed by atoms with E-state index < -0.39 is 0 Å². The third kappa shape index (κ3) is 0.517. The highest BCUT2D eigenvalue weighted by atomic mass is 16.1.